The zero-order valence-corrected chi connectivity index (χ0v) is 14.7. The van der Waals surface area contributed by atoms with Crippen LogP contribution in [0.5, 0.6) is 0 Å². The van der Waals surface area contributed by atoms with Crippen molar-refractivity contribution in [3.05, 3.63) is 18.5 Å². The molecule has 0 spiro atoms. The van der Waals surface area contributed by atoms with Crippen molar-refractivity contribution in [1.29, 1.82) is 0 Å². The fourth-order valence-electron chi connectivity index (χ4n) is 4.16. The maximum Gasteiger partial charge on any atom is 0.222 e. The highest BCUT2D eigenvalue weighted by molar-refractivity contribution is 5.77. The van der Waals surface area contributed by atoms with Crippen LogP contribution < -0.4 is 5.32 Å². The van der Waals surface area contributed by atoms with Crippen molar-refractivity contribution in [1.82, 2.24) is 19.8 Å². The largest absolute Gasteiger partial charge is 0.354 e. The number of anilines is 1. The van der Waals surface area contributed by atoms with E-state index >= 15 is 0 Å². The van der Waals surface area contributed by atoms with Gasteiger partial charge in [0.25, 0.3) is 0 Å². The molecule has 132 valence electrons. The van der Waals surface area contributed by atoms with Crippen LogP contribution in [0.2, 0.25) is 0 Å². The molecule has 0 radical (unpaired) electrons. The standard InChI is InChI=1S/C18H29N5O/c1-2-22-13-4-7-15(22)16-8-5-14-23(16)17(24)9-3-10-19-18-20-11-6-12-21-18/h6,11-12,15-16H,2-5,7-10,13-14H2,1H3,(H,19,20,21)/t15-,16+/m0/s1. The normalized spacial score (nSPS) is 24.5. The zero-order chi connectivity index (χ0) is 16.8. The summed E-state index contributed by atoms with van der Waals surface area (Å²) in [6.45, 7) is 6.20. The predicted molar refractivity (Wildman–Crippen MR) is 94.8 cm³/mol. The lowest BCUT2D eigenvalue weighted by Crippen LogP contribution is -2.48. The van der Waals surface area contributed by atoms with Crippen molar-refractivity contribution in [2.24, 2.45) is 0 Å². The molecule has 1 aromatic heterocycles. The van der Waals surface area contributed by atoms with Gasteiger partial charge >= 0.3 is 0 Å². The zero-order valence-electron chi connectivity index (χ0n) is 14.7. The van der Waals surface area contributed by atoms with Gasteiger partial charge in [0.1, 0.15) is 0 Å². The molecule has 6 nitrogen and oxygen atoms in total. The number of likely N-dealkylation sites (N-methyl/N-ethyl adjacent to an activating group) is 1. The van der Waals surface area contributed by atoms with Gasteiger partial charge in [-0.1, -0.05) is 6.92 Å². The first-order valence-corrected chi connectivity index (χ1v) is 9.34. The Labute approximate surface area is 144 Å². The second kappa shape index (κ2) is 8.42. The van der Waals surface area contributed by atoms with Crippen molar-refractivity contribution < 1.29 is 4.79 Å². The van der Waals surface area contributed by atoms with Crippen molar-refractivity contribution >= 4 is 11.9 Å². The van der Waals surface area contributed by atoms with E-state index in [2.05, 4.69) is 32.0 Å². The summed E-state index contributed by atoms with van der Waals surface area (Å²) in [6.07, 6.45) is 9.71. The van der Waals surface area contributed by atoms with Gasteiger partial charge in [0.05, 0.1) is 0 Å². The highest BCUT2D eigenvalue weighted by Gasteiger charge is 2.38. The van der Waals surface area contributed by atoms with Crippen LogP contribution in [0.25, 0.3) is 0 Å². The Hall–Kier alpha value is -1.69. The molecule has 0 aromatic carbocycles. The number of aromatic nitrogens is 2. The first kappa shape index (κ1) is 17.1. The van der Waals surface area contributed by atoms with E-state index in [1.54, 1.807) is 18.5 Å². The molecule has 1 amide bonds. The summed E-state index contributed by atoms with van der Waals surface area (Å²) in [7, 11) is 0. The summed E-state index contributed by atoms with van der Waals surface area (Å²) >= 11 is 0. The number of hydrogen-bond acceptors (Lipinski definition) is 5. The molecule has 2 atom stereocenters. The highest BCUT2D eigenvalue weighted by atomic mass is 16.2. The van der Waals surface area contributed by atoms with Gasteiger partial charge in [-0.15, -0.1) is 0 Å². The number of amides is 1. The first-order chi connectivity index (χ1) is 11.8. The van der Waals surface area contributed by atoms with E-state index in [-0.39, 0.29) is 0 Å². The smallest absolute Gasteiger partial charge is 0.222 e. The molecule has 0 saturated carbocycles. The Morgan fingerprint density at radius 2 is 1.96 bits per heavy atom. The van der Waals surface area contributed by atoms with Gasteiger partial charge < -0.3 is 10.2 Å². The number of rotatable bonds is 7. The molecular weight excluding hydrogens is 302 g/mol. The molecule has 0 bridgehead atoms. The molecule has 2 saturated heterocycles. The number of nitrogens with zero attached hydrogens (tertiary/aromatic N) is 4. The van der Waals surface area contributed by atoms with E-state index in [1.807, 2.05) is 0 Å². The summed E-state index contributed by atoms with van der Waals surface area (Å²) < 4.78 is 0. The number of nitrogens with one attached hydrogen (secondary N) is 1. The molecule has 24 heavy (non-hydrogen) atoms. The van der Waals surface area contributed by atoms with Gasteiger partial charge in [-0.3, -0.25) is 9.69 Å². The lowest BCUT2D eigenvalue weighted by atomic mass is 10.0. The van der Waals surface area contributed by atoms with Gasteiger partial charge in [-0.05, 0) is 51.3 Å². The second-order valence-electron chi connectivity index (χ2n) is 6.74. The monoisotopic (exact) mass is 331 g/mol. The van der Waals surface area contributed by atoms with E-state index < -0.39 is 0 Å². The van der Waals surface area contributed by atoms with Gasteiger partial charge in [0.2, 0.25) is 11.9 Å². The Kier molecular flexibility index (Phi) is 6.01. The average molecular weight is 331 g/mol. The number of carbonyl (C=O) groups is 1. The van der Waals surface area contributed by atoms with Gasteiger partial charge in [0, 0.05) is 44.0 Å². The molecule has 3 rings (SSSR count). The third-order valence-electron chi connectivity index (χ3n) is 5.30. The van der Waals surface area contributed by atoms with Crippen molar-refractivity contribution in [2.45, 2.75) is 57.5 Å². The lowest BCUT2D eigenvalue weighted by molar-refractivity contribution is -0.133. The van der Waals surface area contributed by atoms with Crippen LogP contribution >= 0.6 is 0 Å². The Balaban J connectivity index is 1.45. The molecule has 1 N–H and O–H groups in total. The minimum absolute atomic E-state index is 0.316. The van der Waals surface area contributed by atoms with Gasteiger partial charge in [-0.25, -0.2) is 9.97 Å². The minimum Gasteiger partial charge on any atom is -0.354 e. The minimum atomic E-state index is 0.316. The molecule has 2 aliphatic heterocycles. The molecule has 0 aliphatic carbocycles. The number of carbonyl (C=O) groups excluding carboxylic acids is 1. The summed E-state index contributed by atoms with van der Waals surface area (Å²) in [6, 6.07) is 2.81. The average Bonchev–Trinajstić information content (AvgIpc) is 3.27. The van der Waals surface area contributed by atoms with E-state index in [9.17, 15) is 4.79 Å². The van der Waals surface area contributed by atoms with Gasteiger partial charge in [-0.2, -0.15) is 0 Å². The summed E-state index contributed by atoms with van der Waals surface area (Å²) in [5, 5.41) is 3.17. The quantitative estimate of drug-likeness (QED) is 0.776. The van der Waals surface area contributed by atoms with E-state index in [4.69, 9.17) is 0 Å². The maximum absolute atomic E-state index is 12.7. The van der Waals surface area contributed by atoms with Crippen molar-refractivity contribution in [3.8, 4) is 0 Å². The topological polar surface area (TPSA) is 61.4 Å². The fourth-order valence-corrected chi connectivity index (χ4v) is 4.16. The number of hydrogen-bond donors (Lipinski definition) is 1. The molecule has 3 heterocycles. The van der Waals surface area contributed by atoms with E-state index in [1.165, 1.54) is 25.8 Å². The van der Waals surface area contributed by atoms with Gasteiger partial charge in [0.15, 0.2) is 0 Å². The van der Waals surface area contributed by atoms with Crippen LogP contribution in [-0.2, 0) is 4.79 Å². The van der Waals surface area contributed by atoms with Crippen LogP contribution in [0.4, 0.5) is 5.95 Å². The predicted octanol–water partition coefficient (Wildman–Crippen LogP) is 2.14. The Morgan fingerprint density at radius 3 is 2.75 bits per heavy atom. The molecule has 0 unspecified atom stereocenters. The maximum atomic E-state index is 12.7. The molecule has 2 fully saturated rings. The fraction of sp³-hybridized carbons (Fsp3) is 0.722. The highest BCUT2D eigenvalue weighted by Crippen LogP contribution is 2.30. The first-order valence-electron chi connectivity index (χ1n) is 9.34. The Morgan fingerprint density at radius 1 is 1.21 bits per heavy atom. The second-order valence-corrected chi connectivity index (χ2v) is 6.74. The Bertz CT molecular complexity index is 523. The third kappa shape index (κ3) is 4.04. The van der Waals surface area contributed by atoms with Crippen molar-refractivity contribution in [2.75, 3.05) is 31.5 Å². The molecule has 2 aliphatic rings. The SMILES string of the molecule is CCN1CCC[C@H]1[C@H]1CCCN1C(=O)CCCNc1ncccn1. The van der Waals surface area contributed by atoms with Crippen molar-refractivity contribution in [3.63, 3.8) is 0 Å². The molecule has 6 heteroatoms. The van der Waals surface area contributed by atoms with Crippen LogP contribution in [0, 0.1) is 0 Å². The van der Waals surface area contributed by atoms with E-state index in [0.717, 1.165) is 32.5 Å². The lowest BCUT2D eigenvalue weighted by Gasteiger charge is -2.34. The van der Waals surface area contributed by atoms with Crippen LogP contribution in [0.3, 0.4) is 0 Å². The van der Waals surface area contributed by atoms with Crippen LogP contribution in [0.15, 0.2) is 18.5 Å². The van der Waals surface area contributed by atoms with E-state index in [0.29, 0.717) is 30.4 Å². The summed E-state index contributed by atoms with van der Waals surface area (Å²) in [4.78, 5) is 25.7. The molecule has 1 aromatic rings. The number of likely N-dealkylation sites (tertiary alicyclic amines) is 2. The third-order valence-corrected chi connectivity index (χ3v) is 5.30. The van der Waals surface area contributed by atoms with Crippen LogP contribution in [0.1, 0.15) is 45.4 Å². The summed E-state index contributed by atoms with van der Waals surface area (Å²) in [5.41, 5.74) is 0. The van der Waals surface area contributed by atoms with Crippen LogP contribution in [-0.4, -0.2) is 63.9 Å². The molecular formula is C18H29N5O. The summed E-state index contributed by atoms with van der Waals surface area (Å²) in [5.74, 6) is 0.949.